The number of carbonyl (C=O) groups excluding carboxylic acids is 1. The van der Waals surface area contributed by atoms with Gasteiger partial charge in [-0.3, -0.25) is 4.79 Å². The average molecular weight is 394 g/mol. The van der Waals surface area contributed by atoms with E-state index in [4.69, 9.17) is 23.2 Å². The van der Waals surface area contributed by atoms with Gasteiger partial charge in [-0.05, 0) is 42.5 Å². The van der Waals surface area contributed by atoms with E-state index in [1.54, 1.807) is 30.3 Å². The number of rotatable bonds is 4. The third-order valence-electron chi connectivity index (χ3n) is 3.42. The molecule has 0 saturated carbocycles. The molecule has 1 amide bonds. The maximum Gasteiger partial charge on any atom is 0.255 e. The van der Waals surface area contributed by atoms with E-state index in [0.717, 1.165) is 12.1 Å². The van der Waals surface area contributed by atoms with Gasteiger partial charge < -0.3 is 10.6 Å². The number of nitrogens with zero attached hydrogens (tertiary/aromatic N) is 1. The maximum absolute atomic E-state index is 13.2. The van der Waals surface area contributed by atoms with Crippen molar-refractivity contribution in [3.05, 3.63) is 82.0 Å². The van der Waals surface area contributed by atoms with Gasteiger partial charge in [-0.25, -0.2) is 13.8 Å². The Morgan fingerprint density at radius 3 is 2.31 bits per heavy atom. The first-order chi connectivity index (χ1) is 12.4. The first kappa shape index (κ1) is 18.1. The number of para-hydroxylation sites is 1. The molecule has 3 aromatic rings. The fourth-order valence-electron chi connectivity index (χ4n) is 2.13. The Bertz CT molecular complexity index is 945. The Morgan fingerprint density at radius 2 is 1.69 bits per heavy atom. The molecular formula is C18H11Cl2F2N3O. The molecule has 1 aromatic heterocycles. The summed E-state index contributed by atoms with van der Waals surface area (Å²) >= 11 is 12.2. The SMILES string of the molecule is O=C(Nc1ccc(Nc2c(Cl)cccc2Cl)nc1)c1ccc(F)c(F)c1. The van der Waals surface area contributed by atoms with Gasteiger partial charge in [-0.2, -0.15) is 0 Å². The molecule has 0 saturated heterocycles. The number of anilines is 3. The minimum atomic E-state index is -1.09. The molecule has 4 nitrogen and oxygen atoms in total. The van der Waals surface area contributed by atoms with E-state index in [0.29, 0.717) is 27.2 Å². The minimum Gasteiger partial charge on any atom is -0.338 e. The Hall–Kier alpha value is -2.70. The van der Waals surface area contributed by atoms with Crippen molar-refractivity contribution in [2.24, 2.45) is 0 Å². The molecule has 132 valence electrons. The van der Waals surface area contributed by atoms with Crippen LogP contribution in [0, 0.1) is 11.6 Å². The van der Waals surface area contributed by atoms with E-state index in [2.05, 4.69) is 15.6 Å². The van der Waals surface area contributed by atoms with Crippen molar-refractivity contribution < 1.29 is 13.6 Å². The lowest BCUT2D eigenvalue weighted by atomic mass is 10.2. The normalized spacial score (nSPS) is 10.5. The van der Waals surface area contributed by atoms with Crippen LogP contribution >= 0.6 is 23.2 Å². The molecule has 0 atom stereocenters. The zero-order valence-electron chi connectivity index (χ0n) is 13.1. The molecule has 26 heavy (non-hydrogen) atoms. The van der Waals surface area contributed by atoms with Crippen LogP contribution in [-0.2, 0) is 0 Å². The number of amides is 1. The Labute approximate surface area is 157 Å². The van der Waals surface area contributed by atoms with Crippen LogP contribution in [0.4, 0.5) is 26.0 Å². The number of halogens is 4. The summed E-state index contributed by atoms with van der Waals surface area (Å²) in [6, 6.07) is 11.2. The standard InChI is InChI=1S/C18H11Cl2F2N3O/c19-12-2-1-3-13(20)17(12)25-16-7-5-11(9-23-16)24-18(26)10-4-6-14(21)15(22)8-10/h1-9H,(H,23,25)(H,24,26). The largest absolute Gasteiger partial charge is 0.338 e. The van der Waals surface area contributed by atoms with Crippen LogP contribution in [0.25, 0.3) is 0 Å². The zero-order chi connectivity index (χ0) is 18.7. The molecule has 0 unspecified atom stereocenters. The van der Waals surface area contributed by atoms with E-state index in [1.807, 2.05) is 0 Å². The number of hydrogen-bond donors (Lipinski definition) is 2. The summed E-state index contributed by atoms with van der Waals surface area (Å²) in [4.78, 5) is 16.2. The smallest absolute Gasteiger partial charge is 0.255 e. The van der Waals surface area contributed by atoms with Gasteiger partial charge in [0.15, 0.2) is 11.6 Å². The van der Waals surface area contributed by atoms with Crippen molar-refractivity contribution in [2.75, 3.05) is 10.6 Å². The fraction of sp³-hybridized carbons (Fsp3) is 0. The second-order valence-corrected chi connectivity index (χ2v) is 6.05. The molecule has 2 N–H and O–H groups in total. The number of pyridine rings is 1. The van der Waals surface area contributed by atoms with E-state index in [9.17, 15) is 13.6 Å². The summed E-state index contributed by atoms with van der Waals surface area (Å²) in [5.41, 5.74) is 0.895. The molecule has 0 bridgehead atoms. The van der Waals surface area contributed by atoms with Gasteiger partial charge in [0, 0.05) is 5.56 Å². The molecule has 8 heteroatoms. The highest BCUT2D eigenvalue weighted by Crippen LogP contribution is 2.32. The topological polar surface area (TPSA) is 54.0 Å². The summed E-state index contributed by atoms with van der Waals surface area (Å²) in [6.45, 7) is 0. The molecule has 0 aliphatic carbocycles. The quantitative estimate of drug-likeness (QED) is 0.600. The third kappa shape index (κ3) is 4.09. The lowest BCUT2D eigenvalue weighted by molar-refractivity contribution is 0.102. The summed E-state index contributed by atoms with van der Waals surface area (Å²) in [7, 11) is 0. The second kappa shape index (κ2) is 7.68. The van der Waals surface area contributed by atoms with Gasteiger partial charge in [0.05, 0.1) is 27.6 Å². The molecule has 0 spiro atoms. The first-order valence-electron chi connectivity index (χ1n) is 7.37. The first-order valence-corrected chi connectivity index (χ1v) is 8.13. The Balaban J connectivity index is 1.71. The van der Waals surface area contributed by atoms with Crippen molar-refractivity contribution in [3.8, 4) is 0 Å². The summed E-state index contributed by atoms with van der Waals surface area (Å²) in [5, 5.41) is 6.42. The molecule has 0 aliphatic rings. The van der Waals surface area contributed by atoms with Crippen molar-refractivity contribution >= 4 is 46.3 Å². The monoisotopic (exact) mass is 393 g/mol. The summed E-state index contributed by atoms with van der Waals surface area (Å²) < 4.78 is 26.1. The van der Waals surface area contributed by atoms with Crippen LogP contribution in [0.15, 0.2) is 54.7 Å². The number of carbonyl (C=O) groups is 1. The van der Waals surface area contributed by atoms with Crippen LogP contribution in [0.5, 0.6) is 0 Å². The Morgan fingerprint density at radius 1 is 0.962 bits per heavy atom. The van der Waals surface area contributed by atoms with Crippen LogP contribution < -0.4 is 10.6 Å². The van der Waals surface area contributed by atoms with Gasteiger partial charge >= 0.3 is 0 Å². The summed E-state index contributed by atoms with van der Waals surface area (Å²) in [5.74, 6) is -2.23. The predicted molar refractivity (Wildman–Crippen MR) is 98.3 cm³/mol. The number of benzene rings is 2. The highest BCUT2D eigenvalue weighted by atomic mass is 35.5. The highest BCUT2D eigenvalue weighted by molar-refractivity contribution is 6.39. The van der Waals surface area contributed by atoms with E-state index < -0.39 is 17.5 Å². The minimum absolute atomic E-state index is 0.00560. The Kier molecular flexibility index (Phi) is 5.35. The van der Waals surface area contributed by atoms with Crippen LogP contribution in [-0.4, -0.2) is 10.9 Å². The van der Waals surface area contributed by atoms with Crippen molar-refractivity contribution in [3.63, 3.8) is 0 Å². The molecule has 1 heterocycles. The molecule has 2 aromatic carbocycles. The second-order valence-electron chi connectivity index (χ2n) is 5.24. The number of aromatic nitrogens is 1. The lowest BCUT2D eigenvalue weighted by Gasteiger charge is -2.10. The van der Waals surface area contributed by atoms with Gasteiger partial charge in [0.2, 0.25) is 0 Å². The van der Waals surface area contributed by atoms with Gasteiger partial charge in [0.25, 0.3) is 5.91 Å². The van der Waals surface area contributed by atoms with Gasteiger partial charge in [0.1, 0.15) is 5.82 Å². The third-order valence-corrected chi connectivity index (χ3v) is 4.05. The molecule has 3 rings (SSSR count). The van der Waals surface area contributed by atoms with Crippen molar-refractivity contribution in [1.82, 2.24) is 4.98 Å². The average Bonchev–Trinajstić information content (AvgIpc) is 2.62. The van der Waals surface area contributed by atoms with Crippen molar-refractivity contribution in [2.45, 2.75) is 0 Å². The zero-order valence-corrected chi connectivity index (χ0v) is 14.6. The van der Waals surface area contributed by atoms with Gasteiger partial charge in [-0.15, -0.1) is 0 Å². The lowest BCUT2D eigenvalue weighted by Crippen LogP contribution is -2.12. The van der Waals surface area contributed by atoms with E-state index >= 15 is 0 Å². The number of nitrogens with one attached hydrogen (secondary N) is 2. The van der Waals surface area contributed by atoms with Crippen molar-refractivity contribution in [1.29, 1.82) is 0 Å². The van der Waals surface area contributed by atoms with Crippen LogP contribution in [0.2, 0.25) is 10.0 Å². The molecule has 0 radical (unpaired) electrons. The van der Waals surface area contributed by atoms with Crippen LogP contribution in [0.3, 0.4) is 0 Å². The summed E-state index contributed by atoms with van der Waals surface area (Å²) in [6.07, 6.45) is 1.41. The van der Waals surface area contributed by atoms with E-state index in [1.165, 1.54) is 12.3 Å². The van der Waals surface area contributed by atoms with E-state index in [-0.39, 0.29) is 5.56 Å². The van der Waals surface area contributed by atoms with Gasteiger partial charge in [-0.1, -0.05) is 29.3 Å². The van der Waals surface area contributed by atoms with Crippen LogP contribution in [0.1, 0.15) is 10.4 Å². The molecule has 0 fully saturated rings. The molecule has 0 aliphatic heterocycles. The fourth-order valence-corrected chi connectivity index (χ4v) is 2.62. The number of hydrogen-bond acceptors (Lipinski definition) is 3. The maximum atomic E-state index is 13.2. The predicted octanol–water partition coefficient (Wildman–Crippen LogP) is 5.66. The highest BCUT2D eigenvalue weighted by Gasteiger charge is 2.11. The molecular weight excluding hydrogens is 383 g/mol.